The topological polar surface area (TPSA) is 70.1 Å². The van der Waals surface area contributed by atoms with Crippen molar-refractivity contribution in [2.24, 2.45) is 5.92 Å². The summed E-state index contributed by atoms with van der Waals surface area (Å²) < 4.78 is 5.53. The molecule has 0 spiro atoms. The minimum atomic E-state index is -0.201. The molecule has 2 heterocycles. The summed E-state index contributed by atoms with van der Waals surface area (Å²) in [6.07, 6.45) is 6.87. The second kappa shape index (κ2) is 8.57. The molecule has 6 heteroatoms. The van der Waals surface area contributed by atoms with Crippen LogP contribution in [0.25, 0.3) is 5.57 Å². The van der Waals surface area contributed by atoms with E-state index in [-0.39, 0.29) is 30.4 Å². The van der Waals surface area contributed by atoms with Crippen molar-refractivity contribution in [1.29, 1.82) is 0 Å². The number of piperidine rings is 1. The van der Waals surface area contributed by atoms with Crippen molar-refractivity contribution in [2.45, 2.75) is 51.0 Å². The van der Waals surface area contributed by atoms with E-state index >= 15 is 0 Å². The molecule has 1 saturated heterocycles. The van der Waals surface area contributed by atoms with Gasteiger partial charge in [0.15, 0.2) is 0 Å². The Morgan fingerprint density at radius 3 is 2.52 bits per heavy atom. The molecule has 6 nitrogen and oxygen atoms in total. The van der Waals surface area contributed by atoms with Gasteiger partial charge in [-0.3, -0.25) is 14.5 Å². The molecule has 1 aromatic rings. The maximum Gasteiger partial charge on any atom is 0.278 e. The molecule has 2 amide bonds. The van der Waals surface area contributed by atoms with Crippen molar-refractivity contribution in [3.05, 3.63) is 35.5 Å². The molecule has 3 aliphatic rings. The first-order valence-electron chi connectivity index (χ1n) is 10.8. The number of hydrogen-bond acceptors (Lipinski definition) is 5. The first-order valence-corrected chi connectivity index (χ1v) is 10.8. The Labute approximate surface area is 172 Å². The van der Waals surface area contributed by atoms with Crippen LogP contribution in [0, 0.1) is 5.92 Å². The standard InChI is InChI=1S/C23H30N2O4/c1-29-19-12-6-5-11-18(19)20-21(24-13-7-8-16(14-24)15-26)23(28)25(22(20)27)17-9-3-2-4-10-17/h5-6,11-12,16-17,26H,2-4,7-10,13-15H2,1H3. The zero-order valence-electron chi connectivity index (χ0n) is 17.1. The molecule has 156 valence electrons. The van der Waals surface area contributed by atoms with Crippen LogP contribution in [0.5, 0.6) is 5.75 Å². The number of rotatable bonds is 5. The van der Waals surface area contributed by atoms with Crippen LogP contribution in [0.3, 0.4) is 0 Å². The summed E-state index contributed by atoms with van der Waals surface area (Å²) in [5, 5.41) is 9.67. The van der Waals surface area contributed by atoms with E-state index in [9.17, 15) is 14.7 Å². The lowest BCUT2D eigenvalue weighted by atomic mass is 9.94. The summed E-state index contributed by atoms with van der Waals surface area (Å²) in [6, 6.07) is 7.40. The predicted octanol–water partition coefficient (Wildman–Crippen LogP) is 2.81. The third kappa shape index (κ3) is 3.66. The fourth-order valence-electron chi connectivity index (χ4n) is 5.01. The Bertz CT molecular complexity index is 813. The first-order chi connectivity index (χ1) is 14.2. The number of imide groups is 1. The van der Waals surface area contributed by atoms with Gasteiger partial charge in [0.05, 0.1) is 12.7 Å². The van der Waals surface area contributed by atoms with E-state index in [4.69, 9.17) is 4.74 Å². The third-order valence-corrected chi connectivity index (χ3v) is 6.50. The second-order valence-corrected chi connectivity index (χ2v) is 8.33. The lowest BCUT2D eigenvalue weighted by molar-refractivity contribution is -0.141. The summed E-state index contributed by atoms with van der Waals surface area (Å²) in [5.41, 5.74) is 1.62. The van der Waals surface area contributed by atoms with Gasteiger partial charge >= 0.3 is 0 Å². The van der Waals surface area contributed by atoms with Gasteiger partial charge in [0.2, 0.25) is 0 Å². The molecule has 0 radical (unpaired) electrons. The summed E-state index contributed by atoms with van der Waals surface area (Å²) >= 11 is 0. The van der Waals surface area contributed by atoms with Gasteiger partial charge in [0.25, 0.3) is 11.8 Å². The van der Waals surface area contributed by atoms with E-state index in [2.05, 4.69) is 0 Å². The van der Waals surface area contributed by atoms with Crippen LogP contribution in [-0.2, 0) is 9.59 Å². The van der Waals surface area contributed by atoms with E-state index in [1.807, 2.05) is 29.2 Å². The molecule has 4 rings (SSSR count). The average molecular weight is 399 g/mol. The van der Waals surface area contributed by atoms with Gasteiger partial charge in [-0.05, 0) is 37.7 Å². The fraction of sp³-hybridized carbons (Fsp3) is 0.565. The van der Waals surface area contributed by atoms with Crippen LogP contribution in [0.4, 0.5) is 0 Å². The number of nitrogens with zero attached hydrogens (tertiary/aromatic N) is 2. The largest absolute Gasteiger partial charge is 0.496 e. The van der Waals surface area contributed by atoms with E-state index in [0.29, 0.717) is 29.1 Å². The minimum absolute atomic E-state index is 0.0237. The SMILES string of the molecule is COc1ccccc1C1=C(N2CCCC(CO)C2)C(=O)N(C2CCCCC2)C1=O. The smallest absolute Gasteiger partial charge is 0.278 e. The van der Waals surface area contributed by atoms with Crippen LogP contribution in [0.15, 0.2) is 30.0 Å². The highest BCUT2D eigenvalue weighted by atomic mass is 16.5. The molecule has 1 aliphatic carbocycles. The molecule has 1 unspecified atom stereocenters. The number of para-hydroxylation sites is 1. The highest BCUT2D eigenvalue weighted by Gasteiger charge is 2.46. The molecule has 1 atom stereocenters. The van der Waals surface area contributed by atoms with Crippen molar-refractivity contribution < 1.29 is 19.4 Å². The van der Waals surface area contributed by atoms with Crippen LogP contribution >= 0.6 is 0 Å². The second-order valence-electron chi connectivity index (χ2n) is 8.33. The summed E-state index contributed by atoms with van der Waals surface area (Å²) in [5.74, 6) is 0.345. The van der Waals surface area contributed by atoms with Crippen molar-refractivity contribution in [3.63, 3.8) is 0 Å². The van der Waals surface area contributed by atoms with Crippen LogP contribution in [-0.4, -0.2) is 59.6 Å². The third-order valence-electron chi connectivity index (χ3n) is 6.50. The summed E-state index contributed by atoms with van der Waals surface area (Å²) in [7, 11) is 1.59. The monoisotopic (exact) mass is 398 g/mol. The molecule has 0 bridgehead atoms. The van der Waals surface area contributed by atoms with Gasteiger partial charge in [-0.25, -0.2) is 0 Å². The molecule has 2 fully saturated rings. The van der Waals surface area contributed by atoms with E-state index in [1.54, 1.807) is 7.11 Å². The zero-order chi connectivity index (χ0) is 20.4. The number of aliphatic hydroxyl groups excluding tert-OH is 1. The van der Waals surface area contributed by atoms with Gasteiger partial charge in [-0.2, -0.15) is 0 Å². The highest BCUT2D eigenvalue weighted by Crippen LogP contribution is 2.40. The van der Waals surface area contributed by atoms with Crippen LogP contribution < -0.4 is 4.74 Å². The predicted molar refractivity (Wildman–Crippen MR) is 110 cm³/mol. The van der Waals surface area contributed by atoms with E-state index in [1.165, 1.54) is 4.90 Å². The Balaban J connectivity index is 1.78. The van der Waals surface area contributed by atoms with Gasteiger partial charge in [0.1, 0.15) is 11.4 Å². The van der Waals surface area contributed by atoms with Crippen LogP contribution in [0.1, 0.15) is 50.5 Å². The van der Waals surface area contributed by atoms with Crippen molar-refractivity contribution in [3.8, 4) is 5.75 Å². The minimum Gasteiger partial charge on any atom is -0.496 e. The van der Waals surface area contributed by atoms with Crippen molar-refractivity contribution in [1.82, 2.24) is 9.80 Å². The number of hydrogen-bond donors (Lipinski definition) is 1. The van der Waals surface area contributed by atoms with Gasteiger partial charge in [-0.15, -0.1) is 0 Å². The Hall–Kier alpha value is -2.34. The number of methoxy groups -OCH3 is 1. The fourth-order valence-corrected chi connectivity index (χ4v) is 5.01. The molecule has 29 heavy (non-hydrogen) atoms. The normalized spacial score (nSPS) is 23.9. The number of carbonyl (C=O) groups excluding carboxylic acids is 2. The Morgan fingerprint density at radius 1 is 1.03 bits per heavy atom. The molecule has 1 N–H and O–H groups in total. The molecule has 0 aromatic heterocycles. The highest BCUT2D eigenvalue weighted by molar-refractivity contribution is 6.36. The Kier molecular flexibility index (Phi) is 5.90. The Morgan fingerprint density at radius 2 is 1.79 bits per heavy atom. The molecular formula is C23H30N2O4. The lowest BCUT2D eigenvalue weighted by Gasteiger charge is -2.35. The van der Waals surface area contributed by atoms with Crippen molar-refractivity contribution >= 4 is 17.4 Å². The first kappa shape index (κ1) is 20.0. The number of ether oxygens (including phenoxy) is 1. The quantitative estimate of drug-likeness (QED) is 0.773. The molecular weight excluding hydrogens is 368 g/mol. The molecule has 1 saturated carbocycles. The van der Waals surface area contributed by atoms with Gasteiger partial charge in [0, 0.05) is 31.3 Å². The maximum absolute atomic E-state index is 13.6. The number of amides is 2. The maximum atomic E-state index is 13.6. The van der Waals surface area contributed by atoms with Gasteiger partial charge < -0.3 is 14.7 Å². The van der Waals surface area contributed by atoms with Crippen molar-refractivity contribution in [2.75, 3.05) is 26.8 Å². The zero-order valence-corrected chi connectivity index (χ0v) is 17.1. The number of likely N-dealkylation sites (tertiary alicyclic amines) is 1. The van der Waals surface area contributed by atoms with Crippen LogP contribution in [0.2, 0.25) is 0 Å². The van der Waals surface area contributed by atoms with E-state index in [0.717, 1.165) is 51.5 Å². The lowest BCUT2D eigenvalue weighted by Crippen LogP contribution is -2.45. The summed E-state index contributed by atoms with van der Waals surface area (Å²) in [4.78, 5) is 30.7. The number of aliphatic hydroxyl groups is 1. The molecule has 2 aliphatic heterocycles. The summed E-state index contributed by atoms with van der Waals surface area (Å²) in [6.45, 7) is 1.42. The van der Waals surface area contributed by atoms with Gasteiger partial charge in [-0.1, -0.05) is 37.5 Å². The van der Waals surface area contributed by atoms with E-state index < -0.39 is 0 Å². The molecule has 1 aromatic carbocycles. The number of carbonyl (C=O) groups is 2. The average Bonchev–Trinajstić information content (AvgIpc) is 3.04. The number of benzene rings is 1.